The van der Waals surface area contributed by atoms with Crippen LogP contribution in [0.2, 0.25) is 0 Å². The van der Waals surface area contributed by atoms with Crippen LogP contribution in [0.1, 0.15) is 26.7 Å². The number of anilines is 1. The van der Waals surface area contributed by atoms with E-state index in [-0.39, 0.29) is 0 Å². The van der Waals surface area contributed by atoms with Crippen LogP contribution in [0.15, 0.2) is 11.6 Å². The number of piperidine rings is 1. The van der Waals surface area contributed by atoms with Crippen molar-refractivity contribution in [2.24, 2.45) is 0 Å². The molecule has 1 aliphatic heterocycles. The van der Waals surface area contributed by atoms with Crippen LogP contribution in [0.25, 0.3) is 0 Å². The third-order valence-corrected chi connectivity index (χ3v) is 3.65. The number of nitrogens with one attached hydrogen (secondary N) is 1. The summed E-state index contributed by atoms with van der Waals surface area (Å²) in [6.07, 6.45) is 4.45. The zero-order chi connectivity index (χ0) is 10.7. The van der Waals surface area contributed by atoms with E-state index in [1.807, 2.05) is 6.20 Å². The maximum absolute atomic E-state index is 4.43. The summed E-state index contributed by atoms with van der Waals surface area (Å²) in [5.74, 6) is 0. The quantitative estimate of drug-likeness (QED) is 0.854. The maximum Gasteiger partial charge on any atom is 0.185 e. The second kappa shape index (κ2) is 4.94. The zero-order valence-corrected chi connectivity index (χ0v) is 10.3. The highest BCUT2D eigenvalue weighted by molar-refractivity contribution is 7.13. The highest BCUT2D eigenvalue weighted by atomic mass is 32.1. The van der Waals surface area contributed by atoms with Gasteiger partial charge in [-0.25, -0.2) is 4.98 Å². The summed E-state index contributed by atoms with van der Waals surface area (Å²) in [5.41, 5.74) is 0. The van der Waals surface area contributed by atoms with Gasteiger partial charge in [0.05, 0.1) is 0 Å². The van der Waals surface area contributed by atoms with Crippen LogP contribution in [-0.4, -0.2) is 30.2 Å². The molecule has 1 saturated heterocycles. The minimum atomic E-state index is 0.529. The first-order valence-electron chi connectivity index (χ1n) is 5.67. The Labute approximate surface area is 95.5 Å². The minimum absolute atomic E-state index is 0.529. The Hall–Kier alpha value is -0.610. The maximum atomic E-state index is 4.43. The van der Waals surface area contributed by atoms with E-state index < -0.39 is 0 Å². The van der Waals surface area contributed by atoms with Crippen molar-refractivity contribution in [3.05, 3.63) is 11.6 Å². The Balaban J connectivity index is 2.12. The van der Waals surface area contributed by atoms with Gasteiger partial charge in [0.1, 0.15) is 0 Å². The fourth-order valence-corrected chi connectivity index (χ4v) is 3.06. The zero-order valence-electron chi connectivity index (χ0n) is 9.44. The van der Waals surface area contributed by atoms with E-state index in [4.69, 9.17) is 0 Å². The van der Waals surface area contributed by atoms with Crippen molar-refractivity contribution < 1.29 is 0 Å². The normalized spacial score (nSPS) is 21.9. The summed E-state index contributed by atoms with van der Waals surface area (Å²) in [5, 5.41) is 6.69. The molecule has 0 spiro atoms. The molecule has 84 valence electrons. The van der Waals surface area contributed by atoms with Gasteiger partial charge in [-0.1, -0.05) is 0 Å². The summed E-state index contributed by atoms with van der Waals surface area (Å²) in [4.78, 5) is 6.88. The number of nitrogens with zero attached hydrogens (tertiary/aromatic N) is 2. The lowest BCUT2D eigenvalue weighted by molar-refractivity contribution is 0.414. The van der Waals surface area contributed by atoms with Gasteiger partial charge in [-0.05, 0) is 33.2 Å². The van der Waals surface area contributed by atoms with Crippen LogP contribution in [0, 0.1) is 0 Å². The first kappa shape index (κ1) is 10.9. The summed E-state index contributed by atoms with van der Waals surface area (Å²) >= 11 is 1.74. The summed E-state index contributed by atoms with van der Waals surface area (Å²) < 4.78 is 0. The second-order valence-electron chi connectivity index (χ2n) is 4.32. The van der Waals surface area contributed by atoms with Gasteiger partial charge in [-0.15, -0.1) is 11.3 Å². The molecule has 1 fully saturated rings. The van der Waals surface area contributed by atoms with Crippen molar-refractivity contribution in [2.45, 2.75) is 38.8 Å². The average molecular weight is 225 g/mol. The molecule has 0 radical (unpaired) electrons. The van der Waals surface area contributed by atoms with Gasteiger partial charge in [0.15, 0.2) is 5.13 Å². The Morgan fingerprint density at radius 1 is 1.60 bits per heavy atom. The van der Waals surface area contributed by atoms with Crippen molar-refractivity contribution in [3.63, 3.8) is 0 Å². The summed E-state index contributed by atoms with van der Waals surface area (Å²) in [7, 11) is 0. The molecule has 1 unspecified atom stereocenters. The number of aromatic nitrogens is 1. The van der Waals surface area contributed by atoms with Crippen molar-refractivity contribution in [2.75, 3.05) is 18.0 Å². The van der Waals surface area contributed by atoms with Crippen molar-refractivity contribution >= 4 is 16.5 Å². The molecule has 0 amide bonds. The molecule has 1 aromatic heterocycles. The molecule has 2 rings (SSSR count). The molecule has 1 N–H and O–H groups in total. The van der Waals surface area contributed by atoms with E-state index in [0.717, 1.165) is 6.54 Å². The average Bonchev–Trinajstić information content (AvgIpc) is 2.72. The van der Waals surface area contributed by atoms with Crippen LogP contribution in [0.3, 0.4) is 0 Å². The van der Waals surface area contributed by atoms with Crippen LogP contribution in [0.5, 0.6) is 0 Å². The van der Waals surface area contributed by atoms with E-state index >= 15 is 0 Å². The lowest BCUT2D eigenvalue weighted by Gasteiger charge is -2.37. The predicted molar refractivity (Wildman–Crippen MR) is 65.6 cm³/mol. The number of hydrogen-bond donors (Lipinski definition) is 1. The lowest BCUT2D eigenvalue weighted by atomic mass is 10.1. The van der Waals surface area contributed by atoms with Crippen molar-refractivity contribution in [1.29, 1.82) is 0 Å². The molecule has 1 aliphatic rings. The smallest absolute Gasteiger partial charge is 0.185 e. The lowest BCUT2D eigenvalue weighted by Crippen LogP contribution is -2.49. The van der Waals surface area contributed by atoms with Gasteiger partial charge in [0.25, 0.3) is 0 Å². The molecule has 0 bridgehead atoms. The number of hydrogen-bond acceptors (Lipinski definition) is 4. The summed E-state index contributed by atoms with van der Waals surface area (Å²) in [6, 6.07) is 1.14. The Morgan fingerprint density at radius 3 is 3.00 bits per heavy atom. The predicted octanol–water partition coefficient (Wildman–Crippen LogP) is 2.11. The SMILES string of the molecule is CC(C)N(c1nccs1)C1CCCNC1. The van der Waals surface area contributed by atoms with Gasteiger partial charge in [-0.2, -0.15) is 0 Å². The highest BCUT2D eigenvalue weighted by Gasteiger charge is 2.24. The van der Waals surface area contributed by atoms with Gasteiger partial charge in [0.2, 0.25) is 0 Å². The Kier molecular flexibility index (Phi) is 3.59. The van der Waals surface area contributed by atoms with E-state index in [1.54, 1.807) is 11.3 Å². The largest absolute Gasteiger partial charge is 0.341 e. The molecular weight excluding hydrogens is 206 g/mol. The van der Waals surface area contributed by atoms with E-state index in [2.05, 4.69) is 34.4 Å². The van der Waals surface area contributed by atoms with Crippen LogP contribution >= 0.6 is 11.3 Å². The molecule has 3 nitrogen and oxygen atoms in total. The highest BCUT2D eigenvalue weighted by Crippen LogP contribution is 2.25. The van der Waals surface area contributed by atoms with Crippen LogP contribution in [0.4, 0.5) is 5.13 Å². The molecule has 15 heavy (non-hydrogen) atoms. The van der Waals surface area contributed by atoms with Crippen LogP contribution in [-0.2, 0) is 0 Å². The Bertz CT molecular complexity index is 278. The Morgan fingerprint density at radius 2 is 2.47 bits per heavy atom. The van der Waals surface area contributed by atoms with Gasteiger partial charge >= 0.3 is 0 Å². The second-order valence-corrected chi connectivity index (χ2v) is 5.19. The van der Waals surface area contributed by atoms with Crippen molar-refractivity contribution in [3.8, 4) is 0 Å². The molecular formula is C11H19N3S. The molecule has 2 heterocycles. The van der Waals surface area contributed by atoms with E-state index in [0.29, 0.717) is 12.1 Å². The van der Waals surface area contributed by atoms with Crippen molar-refractivity contribution in [1.82, 2.24) is 10.3 Å². The molecule has 0 aliphatic carbocycles. The van der Waals surface area contributed by atoms with E-state index in [9.17, 15) is 0 Å². The fourth-order valence-electron chi connectivity index (χ4n) is 2.21. The summed E-state index contributed by atoms with van der Waals surface area (Å²) in [6.45, 7) is 6.75. The standard InChI is InChI=1S/C11H19N3S/c1-9(2)14(11-13-6-7-15-11)10-4-3-5-12-8-10/h6-7,9-10,12H,3-5,8H2,1-2H3. The molecule has 0 saturated carbocycles. The first-order chi connectivity index (χ1) is 7.29. The molecule has 4 heteroatoms. The van der Waals surface area contributed by atoms with Gasteiger partial charge in [-0.3, -0.25) is 0 Å². The van der Waals surface area contributed by atoms with E-state index in [1.165, 1.54) is 24.5 Å². The van der Waals surface area contributed by atoms with Gasteiger partial charge < -0.3 is 10.2 Å². The third-order valence-electron chi connectivity index (χ3n) is 2.86. The molecule has 1 aromatic rings. The molecule has 1 atom stereocenters. The first-order valence-corrected chi connectivity index (χ1v) is 6.55. The molecule has 0 aromatic carbocycles. The van der Waals surface area contributed by atoms with Gasteiger partial charge in [0, 0.05) is 30.2 Å². The fraction of sp³-hybridized carbons (Fsp3) is 0.727. The third kappa shape index (κ3) is 2.49. The topological polar surface area (TPSA) is 28.2 Å². The number of rotatable bonds is 3. The minimum Gasteiger partial charge on any atom is -0.341 e. The monoisotopic (exact) mass is 225 g/mol. The number of thiazole rings is 1. The van der Waals surface area contributed by atoms with Crippen LogP contribution < -0.4 is 10.2 Å².